The summed E-state index contributed by atoms with van der Waals surface area (Å²) in [6, 6.07) is 11.4. The topological polar surface area (TPSA) is 109 Å². The Bertz CT molecular complexity index is 1500. The van der Waals surface area contributed by atoms with Gasteiger partial charge in [0, 0.05) is 55.8 Å². The number of methoxy groups -OCH3 is 1. The number of benzene rings is 2. The van der Waals surface area contributed by atoms with Gasteiger partial charge in [-0.3, -0.25) is 19.3 Å². The summed E-state index contributed by atoms with van der Waals surface area (Å²) >= 11 is 0. The molecule has 3 heterocycles. The van der Waals surface area contributed by atoms with Crippen molar-refractivity contribution in [3.63, 3.8) is 0 Å². The number of unbranched alkanes of at least 4 members (excludes halogenated alkanes) is 1. The SMILES string of the molecule is CCCCN(C(=O)CN1C[C@H](c2cc(OC)c3c(c2)OCO3)[C@@H](C(=O)O)[C@@H]1CCN1CC(C)(C)CC1=O)c1cccc(C[N+](C)(C)C)c1. The van der Waals surface area contributed by atoms with Gasteiger partial charge in [-0.1, -0.05) is 39.3 Å². The van der Waals surface area contributed by atoms with E-state index in [4.69, 9.17) is 14.2 Å². The van der Waals surface area contributed by atoms with Gasteiger partial charge in [0.25, 0.3) is 0 Å². The van der Waals surface area contributed by atoms with Crippen LogP contribution in [0.25, 0.3) is 0 Å². The zero-order chi connectivity index (χ0) is 34.8. The van der Waals surface area contributed by atoms with Crippen molar-refractivity contribution >= 4 is 23.5 Å². The third-order valence-corrected chi connectivity index (χ3v) is 9.69. The third-order valence-electron chi connectivity index (χ3n) is 9.69. The van der Waals surface area contributed by atoms with Crippen LogP contribution in [0, 0.1) is 11.3 Å². The predicted molar refractivity (Wildman–Crippen MR) is 183 cm³/mol. The van der Waals surface area contributed by atoms with Crippen LogP contribution in [0.15, 0.2) is 36.4 Å². The number of hydrogen-bond acceptors (Lipinski definition) is 7. The Kier molecular flexibility index (Phi) is 10.6. The number of likely N-dealkylation sites (tertiary alicyclic amines) is 2. The molecule has 0 aromatic heterocycles. The monoisotopic (exact) mass is 665 g/mol. The fraction of sp³-hybridized carbons (Fsp3) is 0.595. The van der Waals surface area contributed by atoms with E-state index >= 15 is 0 Å². The number of nitrogens with zero attached hydrogens (tertiary/aromatic N) is 4. The molecule has 262 valence electrons. The molecule has 2 aromatic rings. The van der Waals surface area contributed by atoms with Crippen molar-refractivity contribution in [3.05, 3.63) is 47.5 Å². The number of carbonyl (C=O) groups excluding carboxylic acids is 2. The van der Waals surface area contributed by atoms with Crippen molar-refractivity contribution in [1.82, 2.24) is 9.80 Å². The smallest absolute Gasteiger partial charge is 0.308 e. The molecule has 1 N–H and O–H groups in total. The summed E-state index contributed by atoms with van der Waals surface area (Å²) < 4.78 is 17.7. The molecule has 3 aliphatic rings. The first-order valence-electron chi connectivity index (χ1n) is 17.1. The molecule has 2 amide bonds. The minimum absolute atomic E-state index is 0.0647. The maximum Gasteiger partial charge on any atom is 0.308 e. The molecule has 11 heteroatoms. The van der Waals surface area contributed by atoms with Gasteiger partial charge in [-0.05, 0) is 48.1 Å². The van der Waals surface area contributed by atoms with Crippen molar-refractivity contribution in [2.45, 2.75) is 65.0 Å². The number of fused-ring (bicyclic) bond motifs is 1. The number of carboxylic acid groups (broad SMARTS) is 1. The lowest BCUT2D eigenvalue weighted by atomic mass is 9.84. The fourth-order valence-corrected chi connectivity index (χ4v) is 7.57. The van der Waals surface area contributed by atoms with Crippen LogP contribution in [0.2, 0.25) is 0 Å². The lowest BCUT2D eigenvalue weighted by Gasteiger charge is -2.31. The lowest BCUT2D eigenvalue weighted by molar-refractivity contribution is -0.884. The number of aliphatic carboxylic acids is 1. The van der Waals surface area contributed by atoms with Gasteiger partial charge in [0.2, 0.25) is 24.4 Å². The molecule has 2 aromatic carbocycles. The average molecular weight is 666 g/mol. The van der Waals surface area contributed by atoms with E-state index < -0.39 is 23.8 Å². The van der Waals surface area contributed by atoms with Gasteiger partial charge in [0.15, 0.2) is 11.5 Å². The maximum atomic E-state index is 14.3. The van der Waals surface area contributed by atoms with Gasteiger partial charge in [-0.25, -0.2) is 0 Å². The molecule has 5 rings (SSSR count). The molecule has 0 spiro atoms. The first-order valence-corrected chi connectivity index (χ1v) is 17.1. The first kappa shape index (κ1) is 35.5. The van der Waals surface area contributed by atoms with Crippen LogP contribution >= 0.6 is 0 Å². The lowest BCUT2D eigenvalue weighted by Crippen LogP contribution is -2.45. The first-order chi connectivity index (χ1) is 22.7. The maximum absolute atomic E-state index is 14.3. The van der Waals surface area contributed by atoms with Crippen LogP contribution in [-0.4, -0.2) is 111 Å². The second-order valence-electron chi connectivity index (χ2n) is 15.4. The summed E-state index contributed by atoms with van der Waals surface area (Å²) in [7, 11) is 7.97. The second kappa shape index (κ2) is 14.3. The highest BCUT2D eigenvalue weighted by molar-refractivity contribution is 5.95. The van der Waals surface area contributed by atoms with Crippen LogP contribution < -0.4 is 19.1 Å². The molecular weight excluding hydrogens is 612 g/mol. The Morgan fingerprint density at radius 2 is 1.92 bits per heavy atom. The Labute approximate surface area is 284 Å². The standard InChI is InChI=1S/C37H52N4O7/c1-8-9-14-40(27-12-10-11-25(16-27)22-41(4,5)6)33(43)21-39-20-28(26-17-30(46-7)35-31(18-26)47-24-48-35)34(36(44)45)29(39)13-15-38-23-37(2,3)19-32(38)42/h10-12,16-18,28-29,34H,8-9,13-15,19-24H2,1-7H3/p+1/t28-,29+,34-/m1/s1. The number of hydrogen-bond donors (Lipinski definition) is 1. The van der Waals surface area contributed by atoms with E-state index in [1.807, 2.05) is 39.0 Å². The van der Waals surface area contributed by atoms with Gasteiger partial charge in [-0.2, -0.15) is 0 Å². The van der Waals surface area contributed by atoms with Gasteiger partial charge in [0.1, 0.15) is 6.54 Å². The number of carboxylic acids is 1. The zero-order valence-electron chi connectivity index (χ0n) is 29.7. The van der Waals surface area contributed by atoms with E-state index in [0.29, 0.717) is 56.3 Å². The summed E-state index contributed by atoms with van der Waals surface area (Å²) in [6.45, 7) is 9.22. The molecule has 11 nitrogen and oxygen atoms in total. The Morgan fingerprint density at radius 3 is 2.56 bits per heavy atom. The zero-order valence-corrected chi connectivity index (χ0v) is 29.7. The number of ether oxygens (including phenoxy) is 3. The van der Waals surface area contributed by atoms with Crippen molar-refractivity contribution in [1.29, 1.82) is 0 Å². The van der Waals surface area contributed by atoms with Crippen LogP contribution in [-0.2, 0) is 20.9 Å². The molecule has 0 radical (unpaired) electrons. The highest BCUT2D eigenvalue weighted by Crippen LogP contribution is 2.47. The average Bonchev–Trinajstić information content (AvgIpc) is 3.69. The van der Waals surface area contributed by atoms with E-state index in [1.54, 1.807) is 7.11 Å². The Hall–Kier alpha value is -3.83. The number of rotatable bonds is 14. The minimum Gasteiger partial charge on any atom is -0.493 e. The number of amides is 2. The van der Waals surface area contributed by atoms with Crippen LogP contribution in [0.1, 0.15) is 63.5 Å². The van der Waals surface area contributed by atoms with Gasteiger partial charge < -0.3 is 33.6 Å². The van der Waals surface area contributed by atoms with Crippen molar-refractivity contribution in [2.24, 2.45) is 11.3 Å². The third kappa shape index (κ3) is 8.06. The second-order valence-corrected chi connectivity index (χ2v) is 15.4. The van der Waals surface area contributed by atoms with Crippen molar-refractivity contribution in [2.75, 3.05) is 72.7 Å². The molecule has 0 saturated carbocycles. The van der Waals surface area contributed by atoms with E-state index in [2.05, 4.69) is 54.0 Å². The largest absolute Gasteiger partial charge is 0.493 e. The van der Waals surface area contributed by atoms with Crippen LogP contribution in [0.3, 0.4) is 0 Å². The molecule has 0 unspecified atom stereocenters. The van der Waals surface area contributed by atoms with Crippen molar-refractivity contribution < 1.29 is 38.2 Å². The number of anilines is 1. The van der Waals surface area contributed by atoms with Gasteiger partial charge in [-0.15, -0.1) is 0 Å². The highest BCUT2D eigenvalue weighted by atomic mass is 16.7. The van der Waals surface area contributed by atoms with Crippen LogP contribution in [0.4, 0.5) is 5.69 Å². The Balaban J connectivity index is 1.46. The number of carbonyl (C=O) groups is 3. The normalized spacial score (nSPS) is 21.9. The number of quaternary nitrogens is 1. The molecule has 3 aliphatic heterocycles. The molecular formula is C37H53N4O7+. The van der Waals surface area contributed by atoms with E-state index in [0.717, 1.165) is 40.7 Å². The van der Waals surface area contributed by atoms with Gasteiger partial charge in [0.05, 0.1) is 40.7 Å². The predicted octanol–water partition coefficient (Wildman–Crippen LogP) is 4.58. The highest BCUT2D eigenvalue weighted by Gasteiger charge is 2.48. The fourth-order valence-electron chi connectivity index (χ4n) is 7.57. The van der Waals surface area contributed by atoms with E-state index in [-0.39, 0.29) is 30.6 Å². The summed E-state index contributed by atoms with van der Waals surface area (Å²) in [6.07, 6.45) is 2.70. The molecule has 0 aliphatic carbocycles. The Morgan fingerprint density at radius 1 is 1.15 bits per heavy atom. The minimum atomic E-state index is -0.930. The summed E-state index contributed by atoms with van der Waals surface area (Å²) in [5.41, 5.74) is 2.64. The molecule has 2 fully saturated rings. The molecule has 2 saturated heterocycles. The van der Waals surface area contributed by atoms with E-state index in [9.17, 15) is 19.5 Å². The summed E-state index contributed by atoms with van der Waals surface area (Å²) in [5.74, 6) is -0.656. The quantitative estimate of drug-likeness (QED) is 0.292. The van der Waals surface area contributed by atoms with Crippen molar-refractivity contribution in [3.8, 4) is 17.2 Å². The summed E-state index contributed by atoms with van der Waals surface area (Å²) in [5, 5.41) is 10.7. The van der Waals surface area contributed by atoms with Crippen LogP contribution in [0.5, 0.6) is 17.2 Å². The molecule has 48 heavy (non-hydrogen) atoms. The molecule has 0 bridgehead atoms. The van der Waals surface area contributed by atoms with Gasteiger partial charge >= 0.3 is 5.97 Å². The molecule has 3 atom stereocenters. The summed E-state index contributed by atoms with van der Waals surface area (Å²) in [4.78, 5) is 46.1. The van der Waals surface area contributed by atoms with E-state index in [1.165, 1.54) is 0 Å².